The first-order valence-electron chi connectivity index (χ1n) is 4.50. The predicted octanol–water partition coefficient (Wildman–Crippen LogP) is 1.27. The first-order valence-corrected chi connectivity index (χ1v) is 4.50. The maximum atomic E-state index is 10.9. The molecule has 5 heteroatoms. The van der Waals surface area contributed by atoms with Gasteiger partial charge in [0.2, 0.25) is 0 Å². The zero-order valence-electron chi connectivity index (χ0n) is 8.93. The topological polar surface area (TPSA) is 76.5 Å². The van der Waals surface area contributed by atoms with Crippen LogP contribution in [0.1, 0.15) is 21.6 Å². The molecule has 1 aromatic rings. The number of carbonyl (C=O) groups excluding carboxylic acids is 1. The fourth-order valence-electron chi connectivity index (χ4n) is 1.11. The Morgan fingerprint density at radius 2 is 2.19 bits per heavy atom. The smallest absolute Gasteiger partial charge is 0.336 e. The van der Waals surface area contributed by atoms with Gasteiger partial charge in [0, 0.05) is 23.5 Å². The first-order chi connectivity index (χ1) is 7.54. The summed E-state index contributed by atoms with van der Waals surface area (Å²) in [4.78, 5) is 25.7. The molecule has 0 saturated heterocycles. The van der Waals surface area contributed by atoms with Gasteiger partial charge in [0.15, 0.2) is 0 Å². The van der Waals surface area contributed by atoms with Crippen molar-refractivity contribution < 1.29 is 19.4 Å². The number of pyridine rings is 1. The number of rotatable bonds is 3. The van der Waals surface area contributed by atoms with Crippen LogP contribution in [-0.4, -0.2) is 29.1 Å². The molecule has 0 unspecified atom stereocenters. The van der Waals surface area contributed by atoms with E-state index in [0.717, 1.165) is 6.08 Å². The number of carboxylic acids is 1. The Morgan fingerprint density at radius 1 is 1.50 bits per heavy atom. The second-order valence-electron chi connectivity index (χ2n) is 3.07. The van der Waals surface area contributed by atoms with Crippen molar-refractivity contribution in [3.63, 3.8) is 0 Å². The Balaban J connectivity index is 3.09. The number of hydrogen-bond donors (Lipinski definition) is 1. The molecule has 0 atom stereocenters. The van der Waals surface area contributed by atoms with Crippen LogP contribution in [0.15, 0.2) is 18.3 Å². The zero-order chi connectivity index (χ0) is 12.1. The number of aromatic nitrogens is 1. The molecular weight excluding hydrogens is 210 g/mol. The van der Waals surface area contributed by atoms with Gasteiger partial charge in [-0.25, -0.2) is 9.59 Å². The van der Waals surface area contributed by atoms with E-state index >= 15 is 0 Å². The van der Waals surface area contributed by atoms with Crippen molar-refractivity contribution in [3.05, 3.63) is 35.2 Å². The molecule has 0 aliphatic rings. The summed E-state index contributed by atoms with van der Waals surface area (Å²) in [6.45, 7) is 1.69. The van der Waals surface area contributed by atoms with Crippen LogP contribution in [0.5, 0.6) is 0 Å². The van der Waals surface area contributed by atoms with Crippen molar-refractivity contribution in [2.45, 2.75) is 6.92 Å². The van der Waals surface area contributed by atoms with E-state index in [2.05, 4.69) is 9.72 Å². The van der Waals surface area contributed by atoms with E-state index < -0.39 is 11.9 Å². The molecule has 84 valence electrons. The second-order valence-corrected chi connectivity index (χ2v) is 3.07. The summed E-state index contributed by atoms with van der Waals surface area (Å²) in [5.74, 6) is -1.60. The normalized spacial score (nSPS) is 10.4. The number of hydrogen-bond acceptors (Lipinski definition) is 4. The average molecular weight is 221 g/mol. The molecule has 0 aromatic carbocycles. The number of aryl methyl sites for hydroxylation is 1. The van der Waals surface area contributed by atoms with Crippen molar-refractivity contribution in [2.24, 2.45) is 0 Å². The molecule has 1 N–H and O–H groups in total. The first kappa shape index (κ1) is 11.9. The Labute approximate surface area is 92.4 Å². The highest BCUT2D eigenvalue weighted by atomic mass is 16.5. The van der Waals surface area contributed by atoms with E-state index in [9.17, 15) is 9.59 Å². The third kappa shape index (κ3) is 2.91. The van der Waals surface area contributed by atoms with E-state index in [1.54, 1.807) is 6.92 Å². The quantitative estimate of drug-likeness (QED) is 0.614. The summed E-state index contributed by atoms with van der Waals surface area (Å²) in [6.07, 6.45) is 3.92. The molecule has 0 aliphatic carbocycles. The molecule has 0 fully saturated rings. The summed E-state index contributed by atoms with van der Waals surface area (Å²) in [5, 5.41) is 8.93. The summed E-state index contributed by atoms with van der Waals surface area (Å²) < 4.78 is 4.40. The van der Waals surface area contributed by atoms with Gasteiger partial charge in [-0.2, -0.15) is 0 Å². The predicted molar refractivity (Wildman–Crippen MR) is 57.0 cm³/mol. The van der Waals surface area contributed by atoms with Crippen LogP contribution in [-0.2, 0) is 9.53 Å². The number of methoxy groups -OCH3 is 1. The van der Waals surface area contributed by atoms with Crippen molar-refractivity contribution in [2.75, 3.05) is 7.11 Å². The maximum absolute atomic E-state index is 10.9. The third-order valence-electron chi connectivity index (χ3n) is 1.90. The summed E-state index contributed by atoms with van der Waals surface area (Å²) in [6, 6.07) is 1.44. The molecule has 5 nitrogen and oxygen atoms in total. The number of nitrogens with zero attached hydrogens (tertiary/aromatic N) is 1. The van der Waals surface area contributed by atoms with Crippen LogP contribution in [0.2, 0.25) is 0 Å². The number of aromatic carboxylic acids is 1. The highest BCUT2D eigenvalue weighted by Gasteiger charge is 2.08. The Hall–Kier alpha value is -2.17. The monoisotopic (exact) mass is 221 g/mol. The van der Waals surface area contributed by atoms with Gasteiger partial charge < -0.3 is 9.84 Å². The minimum atomic E-state index is -1.06. The van der Waals surface area contributed by atoms with Crippen LogP contribution in [0.3, 0.4) is 0 Å². The number of esters is 1. The Kier molecular flexibility index (Phi) is 3.77. The van der Waals surface area contributed by atoms with Crippen LogP contribution < -0.4 is 0 Å². The van der Waals surface area contributed by atoms with Gasteiger partial charge in [0.1, 0.15) is 0 Å². The van der Waals surface area contributed by atoms with E-state index in [0.29, 0.717) is 11.3 Å². The molecule has 0 spiro atoms. The summed E-state index contributed by atoms with van der Waals surface area (Å²) in [5.41, 5.74) is 1.07. The lowest BCUT2D eigenvalue weighted by atomic mass is 10.1. The van der Waals surface area contributed by atoms with Gasteiger partial charge in [-0.05, 0) is 19.1 Å². The van der Waals surface area contributed by atoms with Gasteiger partial charge in [0.25, 0.3) is 0 Å². The van der Waals surface area contributed by atoms with Gasteiger partial charge in [-0.15, -0.1) is 0 Å². The lowest BCUT2D eigenvalue weighted by molar-refractivity contribution is -0.134. The molecule has 1 aromatic heterocycles. The van der Waals surface area contributed by atoms with Gasteiger partial charge in [-0.1, -0.05) is 0 Å². The van der Waals surface area contributed by atoms with E-state index in [1.165, 1.54) is 25.4 Å². The molecule has 0 bridgehead atoms. The SMILES string of the molecule is COC(=O)C=Cc1cnc(C)cc1C(=O)O. The zero-order valence-corrected chi connectivity index (χ0v) is 8.93. The fourth-order valence-corrected chi connectivity index (χ4v) is 1.11. The minimum Gasteiger partial charge on any atom is -0.478 e. The van der Waals surface area contributed by atoms with E-state index in [4.69, 9.17) is 5.11 Å². The lowest BCUT2D eigenvalue weighted by Crippen LogP contribution is -2.02. The molecule has 0 saturated carbocycles. The molecule has 0 radical (unpaired) electrons. The highest BCUT2D eigenvalue weighted by Crippen LogP contribution is 2.11. The third-order valence-corrected chi connectivity index (χ3v) is 1.90. The van der Waals surface area contributed by atoms with Crippen molar-refractivity contribution in [1.82, 2.24) is 4.98 Å². The number of ether oxygens (including phenoxy) is 1. The Morgan fingerprint density at radius 3 is 2.75 bits per heavy atom. The standard InChI is InChI=1S/C11H11NO4/c1-7-5-9(11(14)15)8(6-12-7)3-4-10(13)16-2/h3-6H,1-2H3,(H,14,15). The van der Waals surface area contributed by atoms with E-state index in [1.807, 2.05) is 0 Å². The second kappa shape index (κ2) is 5.06. The Bertz CT molecular complexity index is 451. The van der Waals surface area contributed by atoms with Gasteiger partial charge in [-0.3, -0.25) is 4.98 Å². The van der Waals surface area contributed by atoms with E-state index in [-0.39, 0.29) is 5.56 Å². The van der Waals surface area contributed by atoms with Gasteiger partial charge >= 0.3 is 11.9 Å². The number of carboxylic acid groups (broad SMARTS) is 1. The van der Waals surface area contributed by atoms with Gasteiger partial charge in [0.05, 0.1) is 12.7 Å². The molecule has 16 heavy (non-hydrogen) atoms. The number of carbonyl (C=O) groups is 2. The minimum absolute atomic E-state index is 0.104. The highest BCUT2D eigenvalue weighted by molar-refractivity contribution is 5.94. The van der Waals surface area contributed by atoms with Crippen molar-refractivity contribution in [3.8, 4) is 0 Å². The molecule has 0 amide bonds. The lowest BCUT2D eigenvalue weighted by Gasteiger charge is -2.01. The van der Waals surface area contributed by atoms with Crippen LogP contribution in [0, 0.1) is 6.92 Å². The van der Waals surface area contributed by atoms with Crippen LogP contribution >= 0.6 is 0 Å². The molecular formula is C11H11NO4. The average Bonchev–Trinajstić information content (AvgIpc) is 2.26. The molecule has 1 rings (SSSR count). The van der Waals surface area contributed by atoms with Crippen molar-refractivity contribution in [1.29, 1.82) is 0 Å². The van der Waals surface area contributed by atoms with Crippen molar-refractivity contribution >= 4 is 18.0 Å². The van der Waals surface area contributed by atoms with Crippen LogP contribution in [0.25, 0.3) is 6.08 Å². The summed E-state index contributed by atoms with van der Waals surface area (Å²) in [7, 11) is 1.25. The molecule has 0 aliphatic heterocycles. The maximum Gasteiger partial charge on any atom is 0.336 e. The molecule has 1 heterocycles. The summed E-state index contributed by atoms with van der Waals surface area (Å²) >= 11 is 0. The fraction of sp³-hybridized carbons (Fsp3) is 0.182. The van der Waals surface area contributed by atoms with Crippen LogP contribution in [0.4, 0.5) is 0 Å². The largest absolute Gasteiger partial charge is 0.478 e.